The molecule has 4 rings (SSSR count). The summed E-state index contributed by atoms with van der Waals surface area (Å²) in [5.41, 5.74) is 0.571. The van der Waals surface area contributed by atoms with Gasteiger partial charge in [0.25, 0.3) is 0 Å². The molecule has 10 nitrogen and oxygen atoms in total. The van der Waals surface area contributed by atoms with Crippen LogP contribution in [0, 0.1) is 6.92 Å². The third-order valence-corrected chi connectivity index (χ3v) is 5.36. The summed E-state index contributed by atoms with van der Waals surface area (Å²) in [6.07, 6.45) is -2.28. The number of hydrogen-bond acceptors (Lipinski definition) is 10. The van der Waals surface area contributed by atoms with Gasteiger partial charge >= 0.3 is 5.97 Å². The van der Waals surface area contributed by atoms with Gasteiger partial charge in [-0.05, 0) is 36.8 Å². The number of benzene rings is 3. The van der Waals surface area contributed by atoms with Crippen LogP contribution >= 0.6 is 0 Å². The van der Waals surface area contributed by atoms with Gasteiger partial charge in [0.05, 0.1) is 5.56 Å². The van der Waals surface area contributed by atoms with Crippen molar-refractivity contribution in [3.63, 3.8) is 0 Å². The van der Waals surface area contributed by atoms with Crippen LogP contribution in [-0.4, -0.2) is 47.8 Å². The standard InChI is InChI=1S/C23H20O10/c1-9-2-11(5-15(26)20(9)29)23(31)33-19-8-13-14(25)6-12(24)7-18(13)32-22(19)10-3-16(27)21(30)17(28)4-10/h2-7,19,22,24-30H,8H2,1H3/t19-,22-/m1/s1. The van der Waals surface area contributed by atoms with E-state index in [1.54, 1.807) is 0 Å². The lowest BCUT2D eigenvalue weighted by Crippen LogP contribution is -2.34. The van der Waals surface area contributed by atoms with Crippen molar-refractivity contribution in [1.82, 2.24) is 0 Å². The van der Waals surface area contributed by atoms with Gasteiger partial charge in [-0.1, -0.05) is 0 Å². The number of esters is 1. The van der Waals surface area contributed by atoms with Crippen LogP contribution in [0.25, 0.3) is 0 Å². The molecule has 3 aromatic rings. The normalized spacial score (nSPS) is 17.1. The molecule has 1 aliphatic heterocycles. The number of aromatic hydroxyl groups is 7. The topological polar surface area (TPSA) is 177 Å². The van der Waals surface area contributed by atoms with E-state index in [1.165, 1.54) is 19.1 Å². The van der Waals surface area contributed by atoms with Crippen LogP contribution in [-0.2, 0) is 11.2 Å². The van der Waals surface area contributed by atoms with Gasteiger partial charge in [-0.3, -0.25) is 0 Å². The van der Waals surface area contributed by atoms with E-state index in [0.29, 0.717) is 0 Å². The number of ether oxygens (including phenoxy) is 2. The van der Waals surface area contributed by atoms with E-state index < -0.39 is 41.2 Å². The van der Waals surface area contributed by atoms with Crippen LogP contribution in [0.15, 0.2) is 36.4 Å². The van der Waals surface area contributed by atoms with Crippen LogP contribution in [0.4, 0.5) is 0 Å². The Kier molecular flexibility index (Phi) is 5.21. The molecule has 0 saturated heterocycles. The lowest BCUT2D eigenvalue weighted by atomic mass is 9.93. The summed E-state index contributed by atoms with van der Waals surface area (Å²) < 4.78 is 11.4. The van der Waals surface area contributed by atoms with Crippen molar-refractivity contribution >= 4 is 5.97 Å². The van der Waals surface area contributed by atoms with Crippen molar-refractivity contribution in [2.75, 3.05) is 0 Å². The molecule has 0 fully saturated rings. The second kappa shape index (κ2) is 7.90. The summed E-state index contributed by atoms with van der Waals surface area (Å²) in [5.74, 6) is -4.25. The zero-order chi connectivity index (χ0) is 24.0. The van der Waals surface area contributed by atoms with Crippen LogP contribution in [0.2, 0.25) is 0 Å². The Morgan fingerprint density at radius 3 is 2.12 bits per heavy atom. The number of hydrogen-bond donors (Lipinski definition) is 7. The first kappa shape index (κ1) is 21.8. The van der Waals surface area contributed by atoms with E-state index in [2.05, 4.69) is 0 Å². The summed E-state index contributed by atoms with van der Waals surface area (Å²) in [5, 5.41) is 69.1. The summed E-state index contributed by atoms with van der Waals surface area (Å²) >= 11 is 0. The van der Waals surface area contributed by atoms with E-state index in [9.17, 15) is 40.5 Å². The highest BCUT2D eigenvalue weighted by Crippen LogP contribution is 2.45. The Hall–Kier alpha value is -4.47. The van der Waals surface area contributed by atoms with Gasteiger partial charge in [-0.2, -0.15) is 0 Å². The minimum absolute atomic E-state index is 0.0568. The molecule has 0 saturated carbocycles. The molecule has 0 amide bonds. The molecular weight excluding hydrogens is 436 g/mol. The van der Waals surface area contributed by atoms with Gasteiger partial charge in [0.15, 0.2) is 34.9 Å². The molecule has 0 aromatic heterocycles. The maximum atomic E-state index is 12.8. The zero-order valence-electron chi connectivity index (χ0n) is 17.2. The largest absolute Gasteiger partial charge is 0.508 e. The third-order valence-electron chi connectivity index (χ3n) is 5.36. The third kappa shape index (κ3) is 3.93. The maximum absolute atomic E-state index is 12.8. The Morgan fingerprint density at radius 2 is 1.48 bits per heavy atom. The monoisotopic (exact) mass is 456 g/mol. The number of carbonyl (C=O) groups excluding carboxylic acids is 1. The second-order valence-corrected chi connectivity index (χ2v) is 7.70. The highest BCUT2D eigenvalue weighted by atomic mass is 16.6. The Morgan fingerprint density at radius 1 is 0.848 bits per heavy atom. The first-order valence-electron chi connectivity index (χ1n) is 9.75. The number of rotatable bonds is 3. The molecule has 0 radical (unpaired) electrons. The van der Waals surface area contributed by atoms with Crippen molar-refractivity contribution in [1.29, 1.82) is 0 Å². The summed E-state index contributed by atoms with van der Waals surface area (Å²) in [6, 6.07) is 6.93. The number of phenols is 7. The zero-order valence-corrected chi connectivity index (χ0v) is 17.2. The van der Waals surface area contributed by atoms with Crippen molar-refractivity contribution in [2.45, 2.75) is 25.6 Å². The fraction of sp³-hybridized carbons (Fsp3) is 0.174. The lowest BCUT2D eigenvalue weighted by Gasteiger charge is -2.34. The summed E-state index contributed by atoms with van der Waals surface area (Å²) in [4.78, 5) is 12.8. The first-order chi connectivity index (χ1) is 15.5. The quantitative estimate of drug-likeness (QED) is 0.229. The Balaban J connectivity index is 1.75. The first-order valence-corrected chi connectivity index (χ1v) is 9.75. The molecular formula is C23H20O10. The SMILES string of the molecule is Cc1cc(C(=O)O[C@@H]2Cc3c(O)cc(O)cc3O[C@@H]2c2cc(O)c(O)c(O)c2)cc(O)c1O. The molecule has 2 atom stereocenters. The predicted molar refractivity (Wildman–Crippen MR) is 112 cm³/mol. The second-order valence-electron chi connectivity index (χ2n) is 7.70. The fourth-order valence-corrected chi connectivity index (χ4v) is 3.71. The van der Waals surface area contributed by atoms with Crippen molar-refractivity contribution in [3.8, 4) is 46.0 Å². The molecule has 10 heteroatoms. The minimum atomic E-state index is -1.12. The van der Waals surface area contributed by atoms with Crippen LogP contribution in [0.5, 0.6) is 46.0 Å². The van der Waals surface area contributed by atoms with Gasteiger partial charge in [0.1, 0.15) is 23.4 Å². The Labute approximate surface area is 186 Å². The number of carbonyl (C=O) groups is 1. The van der Waals surface area contributed by atoms with Gasteiger partial charge in [-0.25, -0.2) is 4.79 Å². The van der Waals surface area contributed by atoms with E-state index in [4.69, 9.17) is 9.47 Å². The minimum Gasteiger partial charge on any atom is -0.508 e. The van der Waals surface area contributed by atoms with Gasteiger partial charge in [-0.15, -0.1) is 0 Å². The highest BCUT2D eigenvalue weighted by Gasteiger charge is 2.37. The van der Waals surface area contributed by atoms with E-state index in [1.807, 2.05) is 0 Å². The highest BCUT2D eigenvalue weighted by molar-refractivity contribution is 5.90. The van der Waals surface area contributed by atoms with Crippen molar-refractivity contribution in [2.24, 2.45) is 0 Å². The average molecular weight is 456 g/mol. The Bertz CT molecular complexity index is 1220. The number of fused-ring (bicyclic) bond motifs is 1. The van der Waals surface area contributed by atoms with Gasteiger partial charge < -0.3 is 45.2 Å². The van der Waals surface area contributed by atoms with Gasteiger partial charge in [0.2, 0.25) is 0 Å². The van der Waals surface area contributed by atoms with E-state index in [-0.39, 0.29) is 51.7 Å². The van der Waals surface area contributed by atoms with Crippen molar-refractivity contribution < 1.29 is 50.0 Å². The number of phenolic OH excluding ortho intramolecular Hbond substituents is 7. The van der Waals surface area contributed by atoms with E-state index >= 15 is 0 Å². The lowest BCUT2D eigenvalue weighted by molar-refractivity contribution is -0.0189. The van der Waals surface area contributed by atoms with E-state index in [0.717, 1.165) is 24.3 Å². The number of aryl methyl sites for hydroxylation is 1. The molecule has 172 valence electrons. The summed E-state index contributed by atoms with van der Waals surface area (Å²) in [7, 11) is 0. The van der Waals surface area contributed by atoms with Crippen molar-refractivity contribution in [3.05, 3.63) is 58.7 Å². The van der Waals surface area contributed by atoms with Crippen LogP contribution in [0.1, 0.15) is 33.2 Å². The summed E-state index contributed by atoms with van der Waals surface area (Å²) in [6.45, 7) is 1.49. The molecule has 0 spiro atoms. The fourth-order valence-electron chi connectivity index (χ4n) is 3.71. The molecule has 1 aliphatic rings. The maximum Gasteiger partial charge on any atom is 0.338 e. The van der Waals surface area contributed by atoms with Crippen LogP contribution < -0.4 is 4.74 Å². The molecule has 3 aromatic carbocycles. The molecule has 0 unspecified atom stereocenters. The molecule has 0 aliphatic carbocycles. The average Bonchev–Trinajstić information content (AvgIpc) is 2.75. The molecule has 33 heavy (non-hydrogen) atoms. The molecule has 0 bridgehead atoms. The van der Waals surface area contributed by atoms with Gasteiger partial charge in [0, 0.05) is 29.7 Å². The van der Waals surface area contributed by atoms with Crippen LogP contribution in [0.3, 0.4) is 0 Å². The molecule has 1 heterocycles. The smallest absolute Gasteiger partial charge is 0.338 e. The predicted octanol–water partition coefficient (Wildman–Crippen LogP) is 2.84. The molecule has 7 N–H and O–H groups in total.